The third-order valence-electron chi connectivity index (χ3n) is 4.57. The van der Waals surface area contributed by atoms with Crippen LogP contribution in [0.2, 0.25) is 0 Å². The lowest BCUT2D eigenvalue weighted by Crippen LogP contribution is -2.27. The largest absolute Gasteiger partial charge is 0.330 e. The van der Waals surface area contributed by atoms with Gasteiger partial charge in [-0.05, 0) is 42.5 Å². The summed E-state index contributed by atoms with van der Waals surface area (Å²) in [7, 11) is 0. The zero-order valence-electron chi connectivity index (χ0n) is 12.7. The topological polar surface area (TPSA) is 29.3 Å². The first-order valence-corrected chi connectivity index (χ1v) is 7.84. The van der Waals surface area contributed by atoms with E-state index in [-0.39, 0.29) is 0 Å². The number of rotatable bonds is 4. The van der Waals surface area contributed by atoms with Gasteiger partial charge in [0.25, 0.3) is 0 Å². The molecule has 0 saturated carbocycles. The summed E-state index contributed by atoms with van der Waals surface area (Å²) in [5.74, 6) is 0.670. The molecule has 1 aliphatic heterocycles. The molecule has 0 aliphatic carbocycles. The normalized spacial score (nSPS) is 22.6. The highest BCUT2D eigenvalue weighted by molar-refractivity contribution is 5.63. The van der Waals surface area contributed by atoms with Gasteiger partial charge in [-0.15, -0.1) is 0 Å². The first-order valence-electron chi connectivity index (χ1n) is 7.84. The molecule has 0 radical (unpaired) electrons. The van der Waals surface area contributed by atoms with Gasteiger partial charge in [-0.1, -0.05) is 54.6 Å². The van der Waals surface area contributed by atoms with Gasteiger partial charge in [-0.2, -0.15) is 0 Å². The maximum atomic E-state index is 5.81. The van der Waals surface area contributed by atoms with Gasteiger partial charge in [0.1, 0.15) is 0 Å². The van der Waals surface area contributed by atoms with Crippen molar-refractivity contribution in [3.8, 4) is 11.1 Å². The number of nitrogens with two attached hydrogens (primary N) is 1. The van der Waals surface area contributed by atoms with Gasteiger partial charge < -0.3 is 5.73 Å². The van der Waals surface area contributed by atoms with Gasteiger partial charge in [0, 0.05) is 19.1 Å². The Balaban J connectivity index is 1.68. The summed E-state index contributed by atoms with van der Waals surface area (Å²) in [6.45, 7) is 5.30. The van der Waals surface area contributed by atoms with Crippen LogP contribution in [0, 0.1) is 5.92 Å². The van der Waals surface area contributed by atoms with Crippen LogP contribution in [0.4, 0.5) is 0 Å². The summed E-state index contributed by atoms with van der Waals surface area (Å²) < 4.78 is 0. The molecule has 1 heterocycles. The van der Waals surface area contributed by atoms with Crippen molar-refractivity contribution in [3.63, 3.8) is 0 Å². The quantitative estimate of drug-likeness (QED) is 0.928. The Bertz CT molecular complexity index is 562. The Morgan fingerprint density at radius 1 is 1.00 bits per heavy atom. The number of likely N-dealkylation sites (tertiary alicyclic amines) is 1. The van der Waals surface area contributed by atoms with Gasteiger partial charge in [-0.25, -0.2) is 0 Å². The fourth-order valence-corrected chi connectivity index (χ4v) is 3.28. The summed E-state index contributed by atoms with van der Waals surface area (Å²) in [6.07, 6.45) is 1.23. The molecular formula is C19H24N2. The van der Waals surface area contributed by atoms with Crippen LogP contribution in [0.3, 0.4) is 0 Å². The molecule has 2 aromatic rings. The lowest BCUT2D eigenvalue weighted by molar-refractivity contribution is 0.256. The van der Waals surface area contributed by atoms with Crippen molar-refractivity contribution < 1.29 is 0 Å². The molecule has 21 heavy (non-hydrogen) atoms. The molecular weight excluding hydrogens is 256 g/mol. The first kappa shape index (κ1) is 14.3. The zero-order valence-corrected chi connectivity index (χ0v) is 12.7. The van der Waals surface area contributed by atoms with E-state index < -0.39 is 0 Å². The predicted molar refractivity (Wildman–Crippen MR) is 88.9 cm³/mol. The fourth-order valence-electron chi connectivity index (χ4n) is 3.28. The number of hydrogen-bond acceptors (Lipinski definition) is 2. The van der Waals surface area contributed by atoms with Crippen molar-refractivity contribution in [1.29, 1.82) is 0 Å². The van der Waals surface area contributed by atoms with Crippen molar-refractivity contribution >= 4 is 0 Å². The number of hydrogen-bond donors (Lipinski definition) is 1. The number of nitrogens with zero attached hydrogens (tertiary/aromatic N) is 1. The summed E-state index contributed by atoms with van der Waals surface area (Å²) in [4.78, 5) is 2.55. The SMILES string of the molecule is CC1CC(CN)CN1Cc1ccc(-c2ccccc2)cc1. The third-order valence-corrected chi connectivity index (χ3v) is 4.57. The maximum Gasteiger partial charge on any atom is 0.0236 e. The van der Waals surface area contributed by atoms with Crippen LogP contribution in [0.1, 0.15) is 18.9 Å². The maximum absolute atomic E-state index is 5.81. The van der Waals surface area contributed by atoms with E-state index in [9.17, 15) is 0 Å². The van der Waals surface area contributed by atoms with Crippen LogP contribution in [0.5, 0.6) is 0 Å². The second-order valence-corrected chi connectivity index (χ2v) is 6.18. The standard InChI is InChI=1S/C19H24N2/c1-15-11-17(12-20)14-21(15)13-16-7-9-19(10-8-16)18-5-3-2-4-6-18/h2-10,15,17H,11-14,20H2,1H3. The van der Waals surface area contributed by atoms with Gasteiger partial charge >= 0.3 is 0 Å². The number of benzene rings is 2. The zero-order chi connectivity index (χ0) is 14.7. The van der Waals surface area contributed by atoms with Crippen LogP contribution in [-0.2, 0) is 6.54 Å². The van der Waals surface area contributed by atoms with Gasteiger partial charge in [-0.3, -0.25) is 4.90 Å². The third kappa shape index (κ3) is 3.34. The van der Waals surface area contributed by atoms with Gasteiger partial charge in [0.15, 0.2) is 0 Å². The second kappa shape index (κ2) is 6.42. The minimum Gasteiger partial charge on any atom is -0.330 e. The van der Waals surface area contributed by atoms with E-state index in [0.29, 0.717) is 12.0 Å². The lowest BCUT2D eigenvalue weighted by atomic mass is 10.0. The van der Waals surface area contributed by atoms with E-state index in [1.54, 1.807) is 0 Å². The summed E-state index contributed by atoms with van der Waals surface area (Å²) in [6, 6.07) is 20.2. The molecule has 2 atom stereocenters. The van der Waals surface area contributed by atoms with E-state index in [4.69, 9.17) is 5.73 Å². The lowest BCUT2D eigenvalue weighted by Gasteiger charge is -2.21. The van der Waals surface area contributed by atoms with Crippen LogP contribution < -0.4 is 5.73 Å². The van der Waals surface area contributed by atoms with E-state index >= 15 is 0 Å². The molecule has 0 bridgehead atoms. The first-order chi connectivity index (χ1) is 10.3. The Labute approximate surface area is 127 Å². The predicted octanol–water partition coefficient (Wildman–Crippen LogP) is 3.52. The summed E-state index contributed by atoms with van der Waals surface area (Å²) >= 11 is 0. The Morgan fingerprint density at radius 3 is 2.29 bits per heavy atom. The molecule has 2 aromatic carbocycles. The van der Waals surface area contributed by atoms with Crippen LogP contribution in [0.25, 0.3) is 11.1 Å². The molecule has 110 valence electrons. The molecule has 2 N–H and O–H groups in total. The molecule has 0 amide bonds. The summed E-state index contributed by atoms with van der Waals surface area (Å²) in [5.41, 5.74) is 9.76. The molecule has 2 nitrogen and oxygen atoms in total. The second-order valence-electron chi connectivity index (χ2n) is 6.18. The van der Waals surface area contributed by atoms with Gasteiger partial charge in [0.05, 0.1) is 0 Å². The van der Waals surface area contributed by atoms with Crippen molar-refractivity contribution in [1.82, 2.24) is 4.90 Å². The molecule has 1 aliphatic rings. The fraction of sp³-hybridized carbons (Fsp3) is 0.368. The van der Waals surface area contributed by atoms with Gasteiger partial charge in [0.2, 0.25) is 0 Å². The molecule has 2 heteroatoms. The minimum absolute atomic E-state index is 0.646. The van der Waals surface area contributed by atoms with Crippen LogP contribution >= 0.6 is 0 Å². The van der Waals surface area contributed by atoms with Crippen LogP contribution in [-0.4, -0.2) is 24.0 Å². The van der Waals surface area contributed by atoms with Crippen molar-refractivity contribution in [2.24, 2.45) is 11.7 Å². The van der Waals surface area contributed by atoms with E-state index in [1.165, 1.54) is 23.1 Å². The Morgan fingerprint density at radius 2 is 1.67 bits per heavy atom. The summed E-state index contributed by atoms with van der Waals surface area (Å²) in [5, 5.41) is 0. The molecule has 3 rings (SSSR count). The molecule has 0 aromatic heterocycles. The van der Waals surface area contributed by atoms with Crippen molar-refractivity contribution in [3.05, 3.63) is 60.2 Å². The minimum atomic E-state index is 0.646. The highest BCUT2D eigenvalue weighted by atomic mass is 15.2. The van der Waals surface area contributed by atoms with Crippen LogP contribution in [0.15, 0.2) is 54.6 Å². The molecule has 1 saturated heterocycles. The van der Waals surface area contributed by atoms with Crippen molar-refractivity contribution in [2.45, 2.75) is 25.9 Å². The Hall–Kier alpha value is -1.64. The van der Waals surface area contributed by atoms with E-state index in [2.05, 4.69) is 66.4 Å². The average molecular weight is 280 g/mol. The smallest absolute Gasteiger partial charge is 0.0236 e. The van der Waals surface area contributed by atoms with E-state index in [0.717, 1.165) is 19.6 Å². The molecule has 0 spiro atoms. The monoisotopic (exact) mass is 280 g/mol. The van der Waals surface area contributed by atoms with E-state index in [1.807, 2.05) is 0 Å². The average Bonchev–Trinajstić information content (AvgIpc) is 2.89. The highest BCUT2D eigenvalue weighted by Gasteiger charge is 2.27. The molecule has 1 fully saturated rings. The molecule has 2 unspecified atom stereocenters. The Kier molecular flexibility index (Phi) is 4.37. The highest BCUT2D eigenvalue weighted by Crippen LogP contribution is 2.25. The van der Waals surface area contributed by atoms with Crippen molar-refractivity contribution in [2.75, 3.05) is 13.1 Å².